The standard InChI is InChI=1S/C16H16O3/c1-16(2,15(18)19)10-14(17)13-9-5-7-11-6-3-4-8-12(11)13/h3-9H,10H2,1-2H3,(H,18,19). The summed E-state index contributed by atoms with van der Waals surface area (Å²) >= 11 is 0. The molecule has 2 aromatic rings. The fraction of sp³-hybridized carbons (Fsp3) is 0.250. The lowest BCUT2D eigenvalue weighted by atomic mass is 9.85. The smallest absolute Gasteiger partial charge is 0.309 e. The van der Waals surface area contributed by atoms with Crippen molar-refractivity contribution in [2.45, 2.75) is 20.3 Å². The predicted molar refractivity (Wildman–Crippen MR) is 74.3 cm³/mol. The Kier molecular flexibility index (Phi) is 3.38. The Balaban J connectivity index is 2.40. The van der Waals surface area contributed by atoms with Crippen LogP contribution in [0.2, 0.25) is 0 Å². The second-order valence-corrected chi connectivity index (χ2v) is 5.32. The van der Waals surface area contributed by atoms with Gasteiger partial charge < -0.3 is 5.11 Å². The van der Waals surface area contributed by atoms with Crippen LogP contribution in [0.15, 0.2) is 42.5 Å². The van der Waals surface area contributed by atoms with Crippen LogP contribution in [-0.4, -0.2) is 16.9 Å². The average molecular weight is 256 g/mol. The monoisotopic (exact) mass is 256 g/mol. The van der Waals surface area contributed by atoms with E-state index in [4.69, 9.17) is 5.11 Å². The first kappa shape index (κ1) is 13.3. The van der Waals surface area contributed by atoms with Crippen LogP contribution in [0.4, 0.5) is 0 Å². The fourth-order valence-electron chi connectivity index (χ4n) is 2.04. The third-order valence-electron chi connectivity index (χ3n) is 3.27. The van der Waals surface area contributed by atoms with Gasteiger partial charge in [-0.25, -0.2) is 0 Å². The highest BCUT2D eigenvalue weighted by atomic mass is 16.4. The molecule has 0 saturated carbocycles. The van der Waals surface area contributed by atoms with E-state index < -0.39 is 11.4 Å². The lowest BCUT2D eigenvalue weighted by Gasteiger charge is -2.18. The Hall–Kier alpha value is -2.16. The molecule has 0 aliphatic heterocycles. The molecule has 0 saturated heterocycles. The molecule has 0 aromatic heterocycles. The van der Waals surface area contributed by atoms with Crippen LogP contribution < -0.4 is 0 Å². The Morgan fingerprint density at radius 1 is 1.05 bits per heavy atom. The number of hydrogen-bond acceptors (Lipinski definition) is 2. The SMILES string of the molecule is CC(C)(CC(=O)c1cccc2ccccc12)C(=O)O. The zero-order chi connectivity index (χ0) is 14.0. The summed E-state index contributed by atoms with van der Waals surface area (Å²) in [5.74, 6) is -1.09. The van der Waals surface area contributed by atoms with E-state index in [1.165, 1.54) is 0 Å². The van der Waals surface area contributed by atoms with Gasteiger partial charge >= 0.3 is 5.97 Å². The predicted octanol–water partition coefficient (Wildman–Crippen LogP) is 3.52. The van der Waals surface area contributed by atoms with Crippen molar-refractivity contribution >= 4 is 22.5 Å². The van der Waals surface area contributed by atoms with Crippen molar-refractivity contribution in [2.75, 3.05) is 0 Å². The third kappa shape index (κ3) is 2.65. The van der Waals surface area contributed by atoms with E-state index in [1.54, 1.807) is 19.9 Å². The van der Waals surface area contributed by atoms with Crippen LogP contribution in [0, 0.1) is 5.41 Å². The first-order valence-corrected chi connectivity index (χ1v) is 6.16. The molecule has 0 amide bonds. The van der Waals surface area contributed by atoms with Crippen LogP contribution in [0.25, 0.3) is 10.8 Å². The van der Waals surface area contributed by atoms with Gasteiger partial charge in [-0.3, -0.25) is 9.59 Å². The molecule has 3 nitrogen and oxygen atoms in total. The Bertz CT molecular complexity index is 636. The van der Waals surface area contributed by atoms with E-state index in [0.29, 0.717) is 5.56 Å². The molecule has 0 bridgehead atoms. The summed E-state index contributed by atoms with van der Waals surface area (Å²) in [6, 6.07) is 13.1. The van der Waals surface area contributed by atoms with Gasteiger partial charge in [-0.05, 0) is 24.6 Å². The van der Waals surface area contributed by atoms with Gasteiger partial charge in [0.25, 0.3) is 0 Å². The summed E-state index contributed by atoms with van der Waals surface area (Å²) in [7, 11) is 0. The highest BCUT2D eigenvalue weighted by Crippen LogP contribution is 2.26. The number of rotatable bonds is 4. The van der Waals surface area contributed by atoms with E-state index in [-0.39, 0.29) is 12.2 Å². The number of carbonyl (C=O) groups is 2. The maximum Gasteiger partial charge on any atom is 0.309 e. The molecule has 0 radical (unpaired) electrons. The first-order valence-electron chi connectivity index (χ1n) is 6.16. The minimum absolute atomic E-state index is 0.00363. The number of carboxylic acids is 1. The van der Waals surface area contributed by atoms with Gasteiger partial charge in [-0.15, -0.1) is 0 Å². The topological polar surface area (TPSA) is 54.4 Å². The van der Waals surface area contributed by atoms with Crippen molar-refractivity contribution in [1.82, 2.24) is 0 Å². The summed E-state index contributed by atoms with van der Waals surface area (Å²) in [5.41, 5.74) is -0.457. The molecular weight excluding hydrogens is 240 g/mol. The molecule has 0 fully saturated rings. The van der Waals surface area contributed by atoms with Gasteiger partial charge in [-0.2, -0.15) is 0 Å². The largest absolute Gasteiger partial charge is 0.481 e. The molecule has 2 rings (SSSR count). The number of fused-ring (bicyclic) bond motifs is 1. The molecule has 0 heterocycles. The molecular formula is C16H16O3. The van der Waals surface area contributed by atoms with Crippen LogP contribution in [0.5, 0.6) is 0 Å². The summed E-state index contributed by atoms with van der Waals surface area (Å²) in [6.45, 7) is 3.14. The number of carbonyl (C=O) groups excluding carboxylic acids is 1. The average Bonchev–Trinajstić information content (AvgIpc) is 2.37. The highest BCUT2D eigenvalue weighted by Gasteiger charge is 2.30. The normalized spacial score (nSPS) is 11.5. The van der Waals surface area contributed by atoms with Crippen LogP contribution in [0.1, 0.15) is 30.6 Å². The van der Waals surface area contributed by atoms with Crippen molar-refractivity contribution in [2.24, 2.45) is 5.41 Å². The van der Waals surface area contributed by atoms with E-state index in [1.807, 2.05) is 36.4 Å². The number of Topliss-reactive ketones (excluding diaryl/α,β-unsaturated/α-hetero) is 1. The fourth-order valence-corrected chi connectivity index (χ4v) is 2.04. The van der Waals surface area contributed by atoms with E-state index in [0.717, 1.165) is 10.8 Å². The molecule has 0 atom stereocenters. The van der Waals surface area contributed by atoms with Gasteiger partial charge in [-0.1, -0.05) is 42.5 Å². The second-order valence-electron chi connectivity index (χ2n) is 5.32. The van der Waals surface area contributed by atoms with Crippen LogP contribution >= 0.6 is 0 Å². The maximum atomic E-state index is 12.3. The van der Waals surface area contributed by atoms with Gasteiger partial charge in [0.15, 0.2) is 5.78 Å². The lowest BCUT2D eigenvalue weighted by molar-refractivity contribution is -0.146. The Morgan fingerprint density at radius 2 is 1.68 bits per heavy atom. The molecule has 98 valence electrons. The quantitative estimate of drug-likeness (QED) is 0.851. The molecule has 1 N–H and O–H groups in total. The number of benzene rings is 2. The minimum Gasteiger partial charge on any atom is -0.481 e. The minimum atomic E-state index is -1.05. The summed E-state index contributed by atoms with van der Waals surface area (Å²) < 4.78 is 0. The lowest BCUT2D eigenvalue weighted by Crippen LogP contribution is -2.27. The highest BCUT2D eigenvalue weighted by molar-refractivity contribution is 6.09. The van der Waals surface area contributed by atoms with Gasteiger partial charge in [0.1, 0.15) is 0 Å². The van der Waals surface area contributed by atoms with E-state index in [2.05, 4.69) is 0 Å². The van der Waals surface area contributed by atoms with Crippen molar-refractivity contribution < 1.29 is 14.7 Å². The molecule has 0 aliphatic rings. The van der Waals surface area contributed by atoms with Gasteiger partial charge in [0, 0.05) is 12.0 Å². The van der Waals surface area contributed by atoms with Crippen LogP contribution in [-0.2, 0) is 4.79 Å². The number of carboxylic acid groups (broad SMARTS) is 1. The maximum absolute atomic E-state index is 12.3. The number of hydrogen-bond donors (Lipinski definition) is 1. The summed E-state index contributed by atoms with van der Waals surface area (Å²) in [6.07, 6.45) is -0.00363. The van der Waals surface area contributed by atoms with Crippen molar-refractivity contribution in [3.8, 4) is 0 Å². The number of ketones is 1. The van der Waals surface area contributed by atoms with E-state index >= 15 is 0 Å². The summed E-state index contributed by atoms with van der Waals surface area (Å²) in [5, 5.41) is 11.0. The Morgan fingerprint density at radius 3 is 2.37 bits per heavy atom. The van der Waals surface area contributed by atoms with Crippen molar-refractivity contribution in [3.63, 3.8) is 0 Å². The second kappa shape index (κ2) is 4.84. The van der Waals surface area contributed by atoms with Gasteiger partial charge in [0.05, 0.1) is 5.41 Å². The van der Waals surface area contributed by atoms with Crippen LogP contribution in [0.3, 0.4) is 0 Å². The molecule has 19 heavy (non-hydrogen) atoms. The number of aliphatic carboxylic acids is 1. The van der Waals surface area contributed by atoms with Gasteiger partial charge in [0.2, 0.25) is 0 Å². The molecule has 0 spiro atoms. The van der Waals surface area contributed by atoms with Crippen molar-refractivity contribution in [1.29, 1.82) is 0 Å². The molecule has 3 heteroatoms. The first-order chi connectivity index (χ1) is 8.92. The zero-order valence-corrected chi connectivity index (χ0v) is 11.0. The molecule has 0 unspecified atom stereocenters. The summed E-state index contributed by atoms with van der Waals surface area (Å²) in [4.78, 5) is 23.4. The molecule has 2 aromatic carbocycles. The molecule has 0 aliphatic carbocycles. The Labute approximate surface area is 111 Å². The third-order valence-corrected chi connectivity index (χ3v) is 3.27. The van der Waals surface area contributed by atoms with E-state index in [9.17, 15) is 9.59 Å². The van der Waals surface area contributed by atoms with Crippen molar-refractivity contribution in [3.05, 3.63) is 48.0 Å². The zero-order valence-electron chi connectivity index (χ0n) is 11.0.